The molecule has 6 nitrogen and oxygen atoms in total. The van der Waals surface area contributed by atoms with Crippen LogP contribution in [-0.2, 0) is 15.1 Å². The summed E-state index contributed by atoms with van der Waals surface area (Å²) >= 11 is 0. The fourth-order valence-electron chi connectivity index (χ4n) is 4.13. The number of hydrogen-bond acceptors (Lipinski definition) is 5. The highest BCUT2D eigenvalue weighted by Gasteiger charge is 2.51. The quantitative estimate of drug-likeness (QED) is 0.684. The summed E-state index contributed by atoms with van der Waals surface area (Å²) in [5, 5.41) is 0. The number of rotatable bonds is 5. The van der Waals surface area contributed by atoms with Crippen molar-refractivity contribution in [3.63, 3.8) is 0 Å². The molecule has 2 aromatic carbocycles. The van der Waals surface area contributed by atoms with E-state index in [-0.39, 0.29) is 30.3 Å². The molecule has 32 heavy (non-hydrogen) atoms. The first-order valence-corrected chi connectivity index (χ1v) is 10.3. The fourth-order valence-corrected chi connectivity index (χ4v) is 4.13. The van der Waals surface area contributed by atoms with Gasteiger partial charge in [-0.25, -0.2) is 0 Å². The van der Waals surface area contributed by atoms with Crippen LogP contribution in [0.15, 0.2) is 48.5 Å². The Balaban J connectivity index is 1.51. The van der Waals surface area contributed by atoms with Crippen molar-refractivity contribution in [1.82, 2.24) is 4.90 Å². The average molecular weight is 451 g/mol. The number of ether oxygens (including phenoxy) is 4. The lowest BCUT2D eigenvalue weighted by atomic mass is 9.82. The third-order valence-corrected chi connectivity index (χ3v) is 5.97. The molecule has 0 N–H and O–H groups in total. The van der Waals surface area contributed by atoms with E-state index in [1.54, 1.807) is 4.90 Å². The highest BCUT2D eigenvalue weighted by atomic mass is 19.4. The van der Waals surface area contributed by atoms with E-state index in [4.69, 9.17) is 18.9 Å². The first-order chi connectivity index (χ1) is 15.2. The second kappa shape index (κ2) is 8.63. The van der Waals surface area contributed by atoms with Crippen molar-refractivity contribution in [3.8, 4) is 11.5 Å². The molecule has 0 saturated carbocycles. The van der Waals surface area contributed by atoms with Gasteiger partial charge in [0.25, 0.3) is 5.91 Å². The van der Waals surface area contributed by atoms with Crippen LogP contribution in [-0.4, -0.2) is 56.2 Å². The summed E-state index contributed by atoms with van der Waals surface area (Å²) in [6.45, 7) is 1.84. The Morgan fingerprint density at radius 3 is 2.62 bits per heavy atom. The summed E-state index contributed by atoms with van der Waals surface area (Å²) in [7, 11) is 1.31. The monoisotopic (exact) mass is 451 g/mol. The first kappa shape index (κ1) is 22.4. The number of carbonyl (C=O) groups is 1. The zero-order valence-corrected chi connectivity index (χ0v) is 17.7. The number of carbonyl (C=O) groups excluding carboxylic acids is 1. The van der Waals surface area contributed by atoms with Crippen LogP contribution in [0, 0.1) is 0 Å². The second-order valence-electron chi connectivity index (χ2n) is 7.84. The standard InChI is InChI=1S/C23H24F3NO5/c1-15(23(24,25)26)32-18-9-8-16(12-19(18)29-2)21(28)27-11-10-22(17-6-4-3-5-7-17)20(13-27)30-14-31-22/h3-9,12,15,20H,10-11,13-14H2,1-2H3. The summed E-state index contributed by atoms with van der Waals surface area (Å²) < 4.78 is 60.5. The third-order valence-electron chi connectivity index (χ3n) is 5.97. The molecule has 0 aromatic heterocycles. The number of benzene rings is 2. The normalized spacial score (nSPS) is 24.0. The average Bonchev–Trinajstić information content (AvgIpc) is 3.23. The Bertz CT molecular complexity index is 968. The van der Waals surface area contributed by atoms with Gasteiger partial charge in [-0.05, 0) is 30.7 Å². The molecular weight excluding hydrogens is 427 g/mol. The minimum Gasteiger partial charge on any atom is -0.493 e. The van der Waals surface area contributed by atoms with Crippen molar-refractivity contribution < 1.29 is 36.9 Å². The zero-order valence-electron chi connectivity index (χ0n) is 17.7. The molecule has 2 aliphatic heterocycles. The van der Waals surface area contributed by atoms with Gasteiger partial charge in [-0.2, -0.15) is 13.2 Å². The number of hydrogen-bond donors (Lipinski definition) is 0. The van der Waals surface area contributed by atoms with Gasteiger partial charge < -0.3 is 23.8 Å². The van der Waals surface area contributed by atoms with E-state index in [1.807, 2.05) is 30.3 Å². The molecule has 3 atom stereocenters. The van der Waals surface area contributed by atoms with E-state index < -0.39 is 17.9 Å². The van der Waals surface area contributed by atoms with Gasteiger partial charge in [-0.3, -0.25) is 4.79 Å². The van der Waals surface area contributed by atoms with Gasteiger partial charge in [-0.15, -0.1) is 0 Å². The van der Waals surface area contributed by atoms with E-state index >= 15 is 0 Å². The minimum atomic E-state index is -4.51. The number of alkyl halides is 3. The molecule has 4 rings (SSSR count). The van der Waals surface area contributed by atoms with Crippen molar-refractivity contribution in [2.75, 3.05) is 27.0 Å². The summed E-state index contributed by atoms with van der Waals surface area (Å²) in [6, 6.07) is 13.9. The van der Waals surface area contributed by atoms with Crippen LogP contribution in [0.1, 0.15) is 29.3 Å². The molecular formula is C23H24F3NO5. The van der Waals surface area contributed by atoms with Crippen LogP contribution in [0.4, 0.5) is 13.2 Å². The van der Waals surface area contributed by atoms with Gasteiger partial charge >= 0.3 is 6.18 Å². The van der Waals surface area contributed by atoms with Crippen molar-refractivity contribution in [2.24, 2.45) is 0 Å². The van der Waals surface area contributed by atoms with Crippen molar-refractivity contribution in [2.45, 2.75) is 37.3 Å². The molecule has 3 unspecified atom stereocenters. The molecule has 9 heteroatoms. The van der Waals surface area contributed by atoms with Gasteiger partial charge in [0.1, 0.15) is 18.5 Å². The molecule has 1 amide bonds. The lowest BCUT2D eigenvalue weighted by Gasteiger charge is -2.42. The number of nitrogens with zero attached hydrogens (tertiary/aromatic N) is 1. The van der Waals surface area contributed by atoms with Crippen LogP contribution in [0.25, 0.3) is 0 Å². The molecule has 2 aliphatic rings. The SMILES string of the molecule is COc1cc(C(=O)N2CCC3(c4ccccc4)OCOC3C2)ccc1OC(C)C(F)(F)F. The zero-order chi connectivity index (χ0) is 22.9. The molecule has 0 bridgehead atoms. The lowest BCUT2D eigenvalue weighted by Crippen LogP contribution is -2.53. The van der Waals surface area contributed by atoms with Crippen molar-refractivity contribution in [3.05, 3.63) is 59.7 Å². The maximum absolute atomic E-state index is 13.1. The fraction of sp³-hybridized carbons (Fsp3) is 0.435. The van der Waals surface area contributed by atoms with Gasteiger partial charge in [0.05, 0.1) is 13.7 Å². The number of halogens is 3. The van der Waals surface area contributed by atoms with Crippen molar-refractivity contribution >= 4 is 5.91 Å². The Morgan fingerprint density at radius 1 is 1.19 bits per heavy atom. The Kier molecular flexibility index (Phi) is 6.05. The summed E-state index contributed by atoms with van der Waals surface area (Å²) in [5.41, 5.74) is 0.706. The smallest absolute Gasteiger partial charge is 0.425 e. The number of likely N-dealkylation sites (tertiary alicyclic amines) is 1. The van der Waals surface area contributed by atoms with Crippen LogP contribution in [0.3, 0.4) is 0 Å². The van der Waals surface area contributed by atoms with Crippen LogP contribution < -0.4 is 9.47 Å². The maximum atomic E-state index is 13.1. The van der Waals surface area contributed by atoms with Gasteiger partial charge in [0, 0.05) is 18.5 Å². The summed E-state index contributed by atoms with van der Waals surface area (Å²) in [5.74, 6) is -0.290. The number of amides is 1. The van der Waals surface area contributed by atoms with E-state index in [0.717, 1.165) is 12.5 Å². The predicted octanol–water partition coefficient (Wildman–Crippen LogP) is 4.14. The molecule has 2 saturated heterocycles. The van der Waals surface area contributed by atoms with Gasteiger partial charge in [0.15, 0.2) is 17.6 Å². The molecule has 0 spiro atoms. The van der Waals surface area contributed by atoms with Crippen LogP contribution in [0.2, 0.25) is 0 Å². The van der Waals surface area contributed by atoms with E-state index in [1.165, 1.54) is 25.3 Å². The van der Waals surface area contributed by atoms with E-state index in [0.29, 0.717) is 25.1 Å². The van der Waals surface area contributed by atoms with Crippen molar-refractivity contribution in [1.29, 1.82) is 0 Å². The second-order valence-corrected chi connectivity index (χ2v) is 7.84. The largest absolute Gasteiger partial charge is 0.493 e. The maximum Gasteiger partial charge on any atom is 0.425 e. The lowest BCUT2D eigenvalue weighted by molar-refractivity contribution is -0.189. The highest BCUT2D eigenvalue weighted by molar-refractivity contribution is 5.95. The van der Waals surface area contributed by atoms with Gasteiger partial charge in [0.2, 0.25) is 0 Å². The molecule has 2 fully saturated rings. The number of methoxy groups -OCH3 is 1. The highest BCUT2D eigenvalue weighted by Crippen LogP contribution is 2.43. The Morgan fingerprint density at radius 2 is 1.94 bits per heavy atom. The molecule has 2 aromatic rings. The molecule has 0 aliphatic carbocycles. The summed E-state index contributed by atoms with van der Waals surface area (Å²) in [4.78, 5) is 14.8. The predicted molar refractivity (Wildman–Crippen MR) is 109 cm³/mol. The number of fused-ring (bicyclic) bond motifs is 1. The number of piperidine rings is 1. The Hall–Kier alpha value is -2.78. The van der Waals surface area contributed by atoms with Gasteiger partial charge in [-0.1, -0.05) is 30.3 Å². The third kappa shape index (κ3) is 4.14. The minimum absolute atomic E-state index is 0.0584. The van der Waals surface area contributed by atoms with E-state index in [9.17, 15) is 18.0 Å². The Labute approximate surface area is 183 Å². The molecule has 2 heterocycles. The van der Waals surface area contributed by atoms with Crippen LogP contribution in [0.5, 0.6) is 11.5 Å². The summed E-state index contributed by atoms with van der Waals surface area (Å²) in [6.07, 6.45) is -6.28. The first-order valence-electron chi connectivity index (χ1n) is 10.3. The van der Waals surface area contributed by atoms with Crippen LogP contribution >= 0.6 is 0 Å². The van der Waals surface area contributed by atoms with E-state index in [2.05, 4.69) is 0 Å². The topological polar surface area (TPSA) is 57.2 Å². The molecule has 172 valence electrons. The molecule has 0 radical (unpaired) electrons.